The van der Waals surface area contributed by atoms with Crippen molar-refractivity contribution in [2.24, 2.45) is 18.7 Å². The zero-order chi connectivity index (χ0) is 7.84. The van der Waals surface area contributed by atoms with Gasteiger partial charge < -0.3 is 10.3 Å². The second-order valence-electron chi connectivity index (χ2n) is 3.41. The summed E-state index contributed by atoms with van der Waals surface area (Å²) in [5.74, 6) is 0.753. The molecule has 1 heterocycles. The number of nitrogens with two attached hydrogens (primary N) is 1. The highest BCUT2D eigenvalue weighted by Crippen LogP contribution is 2.39. The van der Waals surface area contributed by atoms with E-state index >= 15 is 0 Å². The summed E-state index contributed by atoms with van der Waals surface area (Å²) in [6.45, 7) is 0. The zero-order valence-electron chi connectivity index (χ0n) is 7.23. The summed E-state index contributed by atoms with van der Waals surface area (Å²) in [5, 5.41) is 0. The van der Waals surface area contributed by atoms with Crippen LogP contribution in [0.3, 0.4) is 0 Å². The lowest BCUT2D eigenvalue weighted by Gasteiger charge is -2.10. The average molecular weight is 187 g/mol. The van der Waals surface area contributed by atoms with Gasteiger partial charge in [-0.1, -0.05) is 0 Å². The van der Waals surface area contributed by atoms with Gasteiger partial charge in [-0.25, -0.2) is 0 Å². The fourth-order valence-electron chi connectivity index (χ4n) is 1.52. The summed E-state index contributed by atoms with van der Waals surface area (Å²) in [5.41, 5.74) is 7.30. The van der Waals surface area contributed by atoms with E-state index in [0.29, 0.717) is 0 Å². The minimum absolute atomic E-state index is 0. The molecule has 1 saturated carbocycles. The molecule has 1 aliphatic carbocycles. The van der Waals surface area contributed by atoms with Crippen LogP contribution in [0.1, 0.15) is 24.6 Å². The molecule has 0 bridgehead atoms. The number of aryl methyl sites for hydroxylation is 1. The van der Waals surface area contributed by atoms with E-state index in [-0.39, 0.29) is 18.4 Å². The maximum Gasteiger partial charge on any atom is 0.0478 e. The van der Waals surface area contributed by atoms with Crippen molar-refractivity contribution in [1.29, 1.82) is 0 Å². The average Bonchev–Trinajstić information content (AvgIpc) is 2.74. The van der Waals surface area contributed by atoms with Crippen molar-refractivity contribution >= 4 is 12.4 Å². The van der Waals surface area contributed by atoms with Crippen LogP contribution in [0.2, 0.25) is 0 Å². The van der Waals surface area contributed by atoms with E-state index in [1.807, 2.05) is 0 Å². The normalized spacial score (nSPS) is 18.5. The minimum Gasteiger partial charge on any atom is -0.353 e. The monoisotopic (exact) mass is 186 g/mol. The molecule has 1 aromatic heterocycles. The molecule has 0 aliphatic heterocycles. The fraction of sp³-hybridized carbons (Fsp3) is 0.556. The predicted octanol–water partition coefficient (Wildman–Crippen LogP) is 1.86. The summed E-state index contributed by atoms with van der Waals surface area (Å²) in [7, 11) is 2.05. The van der Waals surface area contributed by atoms with Gasteiger partial charge in [-0.05, 0) is 30.9 Å². The summed E-state index contributed by atoms with van der Waals surface area (Å²) in [6, 6.07) is 4.44. The third-order valence-corrected chi connectivity index (χ3v) is 2.46. The number of hydrogen-bond acceptors (Lipinski definition) is 1. The van der Waals surface area contributed by atoms with Gasteiger partial charge in [0.25, 0.3) is 0 Å². The van der Waals surface area contributed by atoms with Gasteiger partial charge in [-0.3, -0.25) is 0 Å². The highest BCUT2D eigenvalue weighted by atomic mass is 35.5. The van der Waals surface area contributed by atoms with Crippen LogP contribution in [-0.2, 0) is 7.05 Å². The first-order valence-electron chi connectivity index (χ1n) is 4.16. The van der Waals surface area contributed by atoms with Crippen molar-refractivity contribution < 1.29 is 0 Å². The van der Waals surface area contributed by atoms with Crippen molar-refractivity contribution in [3.8, 4) is 0 Å². The Morgan fingerprint density at radius 2 is 2.25 bits per heavy atom. The number of rotatable bonds is 2. The number of nitrogens with zero attached hydrogens (tertiary/aromatic N) is 1. The fourth-order valence-corrected chi connectivity index (χ4v) is 1.52. The van der Waals surface area contributed by atoms with Crippen molar-refractivity contribution in [2.45, 2.75) is 18.9 Å². The second kappa shape index (κ2) is 3.50. The van der Waals surface area contributed by atoms with Gasteiger partial charge in [0.15, 0.2) is 0 Å². The Kier molecular flexibility index (Phi) is 2.80. The molecule has 0 spiro atoms. The van der Waals surface area contributed by atoms with E-state index < -0.39 is 0 Å². The molecule has 2 nitrogen and oxygen atoms in total. The molecular weight excluding hydrogens is 172 g/mol. The van der Waals surface area contributed by atoms with E-state index in [2.05, 4.69) is 29.9 Å². The van der Waals surface area contributed by atoms with Gasteiger partial charge in [-0.15, -0.1) is 12.4 Å². The third-order valence-electron chi connectivity index (χ3n) is 2.46. The van der Waals surface area contributed by atoms with Crippen molar-refractivity contribution in [3.63, 3.8) is 0 Å². The van der Waals surface area contributed by atoms with E-state index in [0.717, 1.165) is 5.92 Å². The first-order valence-corrected chi connectivity index (χ1v) is 4.16. The Bertz CT molecular complexity index is 253. The van der Waals surface area contributed by atoms with Crippen LogP contribution < -0.4 is 5.73 Å². The SMILES string of the molecule is Cl.Cn1cccc1[C@@H](N)C1CC1. The second-order valence-corrected chi connectivity index (χ2v) is 3.41. The lowest BCUT2D eigenvalue weighted by Crippen LogP contribution is -2.15. The van der Waals surface area contributed by atoms with E-state index in [9.17, 15) is 0 Å². The Morgan fingerprint density at radius 3 is 2.67 bits per heavy atom. The number of halogens is 1. The van der Waals surface area contributed by atoms with Gasteiger partial charge in [-0.2, -0.15) is 0 Å². The molecule has 0 radical (unpaired) electrons. The molecule has 12 heavy (non-hydrogen) atoms. The van der Waals surface area contributed by atoms with Crippen LogP contribution >= 0.6 is 12.4 Å². The van der Waals surface area contributed by atoms with E-state index in [4.69, 9.17) is 5.73 Å². The highest BCUT2D eigenvalue weighted by Gasteiger charge is 2.30. The molecule has 3 heteroatoms. The lowest BCUT2D eigenvalue weighted by atomic mass is 10.1. The molecule has 1 atom stereocenters. The molecule has 1 aromatic rings. The summed E-state index contributed by atoms with van der Waals surface area (Å²) < 4.78 is 2.11. The van der Waals surface area contributed by atoms with Crippen LogP contribution in [0.25, 0.3) is 0 Å². The lowest BCUT2D eigenvalue weighted by molar-refractivity contribution is 0.589. The molecule has 68 valence electrons. The smallest absolute Gasteiger partial charge is 0.0478 e. The Balaban J connectivity index is 0.000000720. The third kappa shape index (κ3) is 1.65. The Hall–Kier alpha value is -0.470. The molecule has 0 amide bonds. The Morgan fingerprint density at radius 1 is 1.58 bits per heavy atom. The maximum atomic E-state index is 6.02. The van der Waals surface area contributed by atoms with Gasteiger partial charge in [0, 0.05) is 25.0 Å². The van der Waals surface area contributed by atoms with Gasteiger partial charge >= 0.3 is 0 Å². The molecule has 0 aromatic carbocycles. The van der Waals surface area contributed by atoms with Gasteiger partial charge in [0.1, 0.15) is 0 Å². The summed E-state index contributed by atoms with van der Waals surface area (Å²) in [4.78, 5) is 0. The minimum atomic E-state index is 0. The number of aromatic nitrogens is 1. The molecule has 1 aliphatic rings. The molecule has 1 fully saturated rings. The first kappa shape index (κ1) is 9.62. The summed E-state index contributed by atoms with van der Waals surface area (Å²) in [6.07, 6.45) is 4.68. The van der Waals surface area contributed by atoms with Crippen LogP contribution in [0.5, 0.6) is 0 Å². The van der Waals surface area contributed by atoms with Crippen LogP contribution in [0.4, 0.5) is 0 Å². The van der Waals surface area contributed by atoms with Crippen molar-refractivity contribution in [2.75, 3.05) is 0 Å². The van der Waals surface area contributed by atoms with E-state index in [1.165, 1.54) is 18.5 Å². The Labute approximate surface area is 79.2 Å². The first-order chi connectivity index (χ1) is 5.29. The summed E-state index contributed by atoms with van der Waals surface area (Å²) >= 11 is 0. The quantitative estimate of drug-likeness (QED) is 0.751. The largest absolute Gasteiger partial charge is 0.353 e. The topological polar surface area (TPSA) is 30.9 Å². The van der Waals surface area contributed by atoms with Crippen molar-refractivity contribution in [1.82, 2.24) is 4.57 Å². The maximum absolute atomic E-state index is 6.02. The molecule has 2 N–H and O–H groups in total. The predicted molar refractivity (Wildman–Crippen MR) is 52.3 cm³/mol. The van der Waals surface area contributed by atoms with Crippen LogP contribution in [0.15, 0.2) is 18.3 Å². The molecule has 0 unspecified atom stereocenters. The van der Waals surface area contributed by atoms with Crippen LogP contribution in [-0.4, -0.2) is 4.57 Å². The van der Waals surface area contributed by atoms with Gasteiger partial charge in [0.2, 0.25) is 0 Å². The molecular formula is C9H15ClN2. The highest BCUT2D eigenvalue weighted by molar-refractivity contribution is 5.85. The van der Waals surface area contributed by atoms with Gasteiger partial charge in [0.05, 0.1) is 0 Å². The number of hydrogen-bond donors (Lipinski definition) is 1. The zero-order valence-corrected chi connectivity index (χ0v) is 8.05. The standard InChI is InChI=1S/C9H14N2.ClH/c1-11-6-2-3-8(11)9(10)7-4-5-7;/h2-3,6-7,9H,4-5,10H2,1H3;1H/t9-;/m0./s1. The molecule has 2 rings (SSSR count). The van der Waals surface area contributed by atoms with Crippen molar-refractivity contribution in [3.05, 3.63) is 24.0 Å². The molecule has 0 saturated heterocycles. The van der Waals surface area contributed by atoms with E-state index in [1.54, 1.807) is 0 Å². The van der Waals surface area contributed by atoms with Crippen LogP contribution in [0, 0.1) is 5.92 Å².